The number of aliphatic hydroxyl groups is 1. The van der Waals surface area contributed by atoms with Crippen LogP contribution in [0.5, 0.6) is 11.5 Å². The van der Waals surface area contributed by atoms with Crippen molar-refractivity contribution in [3.05, 3.63) is 24.3 Å². The van der Waals surface area contributed by atoms with E-state index >= 15 is 0 Å². The number of unbranched alkanes of at least 4 members (excludes halogenated alkanes) is 3. The fraction of sp³-hybridized carbons (Fsp3) is 0.636. The maximum Gasteiger partial charge on any atom is 0.303 e. The van der Waals surface area contributed by atoms with Gasteiger partial charge < -0.3 is 19.7 Å². The Bertz CT molecular complexity index is 569. The van der Waals surface area contributed by atoms with E-state index in [-0.39, 0.29) is 24.7 Å². The number of rotatable bonds is 16. The molecule has 28 heavy (non-hydrogen) atoms. The third-order valence-corrected chi connectivity index (χ3v) is 4.86. The molecule has 0 saturated heterocycles. The summed E-state index contributed by atoms with van der Waals surface area (Å²) in [4.78, 5) is 22.3. The average molecular weight is 395 g/mol. The minimum Gasteiger partial charge on any atom is -0.497 e. The second-order valence-corrected chi connectivity index (χ2v) is 7.23. The first-order valence-electron chi connectivity index (χ1n) is 10.1. The molecule has 0 aromatic heterocycles. The number of hydrogen-bond donors (Lipinski definition) is 2. The molecule has 0 fully saturated rings. The Balaban J connectivity index is 2.18. The van der Waals surface area contributed by atoms with Crippen LogP contribution in [-0.4, -0.2) is 41.8 Å². The summed E-state index contributed by atoms with van der Waals surface area (Å²) in [6, 6.07) is 7.21. The van der Waals surface area contributed by atoms with Gasteiger partial charge in [-0.3, -0.25) is 9.59 Å². The summed E-state index contributed by atoms with van der Waals surface area (Å²) in [7, 11) is 1.60. The second-order valence-electron chi connectivity index (χ2n) is 7.23. The number of carboxylic acids is 1. The fourth-order valence-corrected chi connectivity index (χ4v) is 3.12. The zero-order chi connectivity index (χ0) is 20.8. The highest BCUT2D eigenvalue weighted by molar-refractivity contribution is 5.78. The molecular weight excluding hydrogens is 360 g/mol. The van der Waals surface area contributed by atoms with Crippen LogP contribution in [0.25, 0.3) is 0 Å². The van der Waals surface area contributed by atoms with E-state index in [2.05, 4.69) is 0 Å². The maximum atomic E-state index is 11.8. The standard InChI is InChI=1S/C22H34O6/c1-17(23)18(8-5-3-4-6-11-22(25)26)9-7-10-19(24)16-28-21-14-12-20(27-2)13-15-21/h12-15,18-19,24H,3-11,16H2,1-2H3,(H,25,26). The highest BCUT2D eigenvalue weighted by Crippen LogP contribution is 2.20. The van der Waals surface area contributed by atoms with Crippen LogP contribution < -0.4 is 9.47 Å². The van der Waals surface area contributed by atoms with Crippen molar-refractivity contribution in [2.24, 2.45) is 5.92 Å². The lowest BCUT2D eigenvalue weighted by Crippen LogP contribution is -2.18. The number of aliphatic carboxylic acids is 1. The second kappa shape index (κ2) is 14.0. The normalized spacial score (nSPS) is 13.0. The van der Waals surface area contributed by atoms with Crippen molar-refractivity contribution in [1.29, 1.82) is 0 Å². The summed E-state index contributed by atoms with van der Waals surface area (Å²) in [5.41, 5.74) is 0. The van der Waals surface area contributed by atoms with Crippen LogP contribution in [0.3, 0.4) is 0 Å². The predicted octanol–water partition coefficient (Wildman–Crippen LogP) is 4.24. The number of aliphatic hydroxyl groups excluding tert-OH is 1. The van der Waals surface area contributed by atoms with Crippen LogP contribution in [-0.2, 0) is 9.59 Å². The molecule has 1 aromatic rings. The summed E-state index contributed by atoms with van der Waals surface area (Å²) < 4.78 is 10.7. The SMILES string of the molecule is COc1ccc(OCC(O)CCCC(CCCCCCC(=O)O)C(C)=O)cc1. The van der Waals surface area contributed by atoms with Gasteiger partial charge in [0.2, 0.25) is 0 Å². The lowest BCUT2D eigenvalue weighted by Gasteiger charge is -2.16. The van der Waals surface area contributed by atoms with Gasteiger partial charge in [0.15, 0.2) is 0 Å². The molecule has 0 radical (unpaired) electrons. The van der Waals surface area contributed by atoms with Crippen molar-refractivity contribution in [2.45, 2.75) is 70.8 Å². The monoisotopic (exact) mass is 394 g/mol. The number of methoxy groups -OCH3 is 1. The van der Waals surface area contributed by atoms with Gasteiger partial charge in [-0.15, -0.1) is 0 Å². The Morgan fingerprint density at radius 3 is 2.14 bits per heavy atom. The zero-order valence-corrected chi connectivity index (χ0v) is 17.1. The molecule has 6 nitrogen and oxygen atoms in total. The van der Waals surface area contributed by atoms with Crippen LogP contribution in [0.4, 0.5) is 0 Å². The van der Waals surface area contributed by atoms with Gasteiger partial charge in [-0.1, -0.05) is 25.7 Å². The van der Waals surface area contributed by atoms with E-state index in [4.69, 9.17) is 14.6 Å². The largest absolute Gasteiger partial charge is 0.497 e. The average Bonchev–Trinajstić information content (AvgIpc) is 2.67. The van der Waals surface area contributed by atoms with E-state index in [1.807, 2.05) is 0 Å². The minimum atomic E-state index is -0.754. The first-order valence-corrected chi connectivity index (χ1v) is 10.1. The molecule has 6 heteroatoms. The Morgan fingerprint density at radius 1 is 0.929 bits per heavy atom. The minimum absolute atomic E-state index is 0.0224. The molecule has 158 valence electrons. The molecule has 2 N–H and O–H groups in total. The lowest BCUT2D eigenvalue weighted by atomic mass is 9.91. The number of carbonyl (C=O) groups is 2. The number of carboxylic acid groups (broad SMARTS) is 1. The third-order valence-electron chi connectivity index (χ3n) is 4.86. The van der Waals surface area contributed by atoms with Crippen LogP contribution in [0.2, 0.25) is 0 Å². The van der Waals surface area contributed by atoms with Crippen LogP contribution in [0, 0.1) is 5.92 Å². The third kappa shape index (κ3) is 10.9. The fourth-order valence-electron chi connectivity index (χ4n) is 3.12. The number of ether oxygens (including phenoxy) is 2. The Kier molecular flexibility index (Phi) is 12.0. The van der Waals surface area contributed by atoms with E-state index in [0.29, 0.717) is 18.6 Å². The van der Waals surface area contributed by atoms with Crippen molar-refractivity contribution in [1.82, 2.24) is 0 Å². The van der Waals surface area contributed by atoms with E-state index in [9.17, 15) is 14.7 Å². The van der Waals surface area contributed by atoms with E-state index in [1.54, 1.807) is 38.3 Å². The summed E-state index contributed by atoms with van der Waals surface area (Å²) in [6.45, 7) is 1.85. The molecular formula is C22H34O6. The maximum absolute atomic E-state index is 11.8. The Labute approximate surface area is 167 Å². The van der Waals surface area contributed by atoms with Crippen molar-refractivity contribution in [2.75, 3.05) is 13.7 Å². The molecule has 0 bridgehead atoms. The van der Waals surface area contributed by atoms with E-state index < -0.39 is 12.1 Å². The van der Waals surface area contributed by atoms with Gasteiger partial charge in [0, 0.05) is 12.3 Å². The smallest absolute Gasteiger partial charge is 0.303 e. The molecule has 0 aliphatic rings. The molecule has 0 amide bonds. The summed E-state index contributed by atoms with van der Waals surface area (Å²) in [5, 5.41) is 18.7. The van der Waals surface area contributed by atoms with Crippen molar-refractivity contribution in [3.8, 4) is 11.5 Å². The lowest BCUT2D eigenvalue weighted by molar-refractivity contribution is -0.137. The van der Waals surface area contributed by atoms with E-state index in [1.165, 1.54) is 0 Å². The topological polar surface area (TPSA) is 93.1 Å². The Hall–Kier alpha value is -2.08. The molecule has 0 heterocycles. The summed E-state index contributed by atoms with van der Waals surface area (Å²) in [5.74, 6) is 0.897. The van der Waals surface area contributed by atoms with Gasteiger partial charge in [-0.25, -0.2) is 0 Å². The van der Waals surface area contributed by atoms with Gasteiger partial charge in [0.1, 0.15) is 23.9 Å². The highest BCUT2D eigenvalue weighted by Gasteiger charge is 2.15. The molecule has 0 saturated carbocycles. The van der Waals surface area contributed by atoms with Crippen molar-refractivity contribution >= 4 is 11.8 Å². The van der Waals surface area contributed by atoms with Gasteiger partial charge in [-0.2, -0.15) is 0 Å². The number of hydrogen-bond acceptors (Lipinski definition) is 5. The molecule has 2 atom stereocenters. The van der Waals surface area contributed by atoms with Crippen LogP contribution >= 0.6 is 0 Å². The van der Waals surface area contributed by atoms with E-state index in [0.717, 1.165) is 44.3 Å². The molecule has 0 spiro atoms. The predicted molar refractivity (Wildman–Crippen MR) is 108 cm³/mol. The number of carbonyl (C=O) groups excluding carboxylic acids is 1. The zero-order valence-electron chi connectivity index (χ0n) is 17.1. The van der Waals surface area contributed by atoms with Gasteiger partial charge >= 0.3 is 5.97 Å². The first kappa shape index (κ1) is 24.0. The first-order chi connectivity index (χ1) is 13.4. The molecule has 0 aliphatic heterocycles. The van der Waals surface area contributed by atoms with Crippen molar-refractivity contribution < 1.29 is 29.3 Å². The quantitative estimate of drug-likeness (QED) is 0.408. The molecule has 1 aromatic carbocycles. The van der Waals surface area contributed by atoms with Gasteiger partial charge in [0.05, 0.1) is 13.2 Å². The van der Waals surface area contributed by atoms with Crippen LogP contribution in [0.15, 0.2) is 24.3 Å². The molecule has 1 rings (SSSR count). The number of benzene rings is 1. The van der Waals surface area contributed by atoms with Crippen LogP contribution in [0.1, 0.15) is 64.7 Å². The summed E-state index contributed by atoms with van der Waals surface area (Å²) >= 11 is 0. The molecule has 2 unspecified atom stereocenters. The highest BCUT2D eigenvalue weighted by atomic mass is 16.5. The molecule has 0 aliphatic carbocycles. The summed E-state index contributed by atoms with van der Waals surface area (Å²) in [6.07, 6.45) is 6.10. The van der Waals surface area contributed by atoms with Gasteiger partial charge in [-0.05, 0) is 56.9 Å². The Morgan fingerprint density at radius 2 is 1.54 bits per heavy atom. The van der Waals surface area contributed by atoms with Gasteiger partial charge in [0.25, 0.3) is 0 Å². The number of ketones is 1. The number of Topliss-reactive ketones (excluding diaryl/α,β-unsaturated/α-hetero) is 1. The van der Waals surface area contributed by atoms with Crippen molar-refractivity contribution in [3.63, 3.8) is 0 Å².